The first-order valence-corrected chi connectivity index (χ1v) is 6.73. The van der Waals surface area contributed by atoms with Crippen LogP contribution in [-0.2, 0) is 9.53 Å². The third-order valence-corrected chi connectivity index (χ3v) is 3.07. The summed E-state index contributed by atoms with van der Waals surface area (Å²) in [5.41, 5.74) is 0. The fourth-order valence-electron chi connectivity index (χ4n) is 2.04. The van der Waals surface area contributed by atoms with E-state index in [0.717, 1.165) is 39.2 Å². The van der Waals surface area contributed by atoms with Gasteiger partial charge in [-0.2, -0.15) is 0 Å². The van der Waals surface area contributed by atoms with Crippen LogP contribution in [-0.4, -0.2) is 68.6 Å². The molecule has 0 amide bonds. The van der Waals surface area contributed by atoms with Gasteiger partial charge in [0, 0.05) is 32.8 Å². The molecule has 4 nitrogen and oxygen atoms in total. The fourth-order valence-corrected chi connectivity index (χ4v) is 2.04. The molecule has 0 aromatic heterocycles. The molecule has 104 valence electrons. The third-order valence-electron chi connectivity index (χ3n) is 3.07. The van der Waals surface area contributed by atoms with Crippen molar-refractivity contribution < 1.29 is 9.53 Å². The number of hydrogen-bond acceptors (Lipinski definition) is 4. The van der Waals surface area contributed by atoms with Gasteiger partial charge < -0.3 is 9.64 Å². The SMILES string of the molecule is CC(=O)/C=C/CN(CCN(C)C)CC1CCCO1. The maximum atomic E-state index is 10.9. The van der Waals surface area contributed by atoms with Gasteiger partial charge in [-0.3, -0.25) is 9.69 Å². The van der Waals surface area contributed by atoms with Crippen LogP contribution in [0.4, 0.5) is 0 Å². The monoisotopic (exact) mass is 254 g/mol. The minimum absolute atomic E-state index is 0.111. The van der Waals surface area contributed by atoms with E-state index in [9.17, 15) is 4.79 Å². The minimum atomic E-state index is 0.111. The summed E-state index contributed by atoms with van der Waals surface area (Å²) in [5.74, 6) is 0.111. The Balaban J connectivity index is 2.37. The van der Waals surface area contributed by atoms with Gasteiger partial charge in [0.15, 0.2) is 5.78 Å². The molecule has 1 aliphatic rings. The zero-order valence-electron chi connectivity index (χ0n) is 11.9. The second-order valence-corrected chi connectivity index (χ2v) is 5.21. The van der Waals surface area contributed by atoms with Crippen LogP contribution in [0.1, 0.15) is 19.8 Å². The van der Waals surface area contributed by atoms with E-state index in [1.807, 2.05) is 6.08 Å². The maximum Gasteiger partial charge on any atom is 0.152 e. The first-order valence-electron chi connectivity index (χ1n) is 6.73. The molecule has 1 heterocycles. The molecule has 0 aromatic rings. The first kappa shape index (κ1) is 15.3. The lowest BCUT2D eigenvalue weighted by atomic mass is 10.2. The van der Waals surface area contributed by atoms with Crippen molar-refractivity contribution in [2.24, 2.45) is 0 Å². The number of ether oxygens (including phenoxy) is 1. The maximum absolute atomic E-state index is 10.9. The summed E-state index contributed by atoms with van der Waals surface area (Å²) in [7, 11) is 4.16. The van der Waals surface area contributed by atoms with Crippen molar-refractivity contribution in [3.63, 3.8) is 0 Å². The third kappa shape index (κ3) is 6.89. The highest BCUT2D eigenvalue weighted by Crippen LogP contribution is 2.13. The summed E-state index contributed by atoms with van der Waals surface area (Å²) in [6.07, 6.45) is 6.31. The number of nitrogens with zero attached hydrogens (tertiary/aromatic N) is 2. The van der Waals surface area contributed by atoms with E-state index in [1.54, 1.807) is 13.0 Å². The second-order valence-electron chi connectivity index (χ2n) is 5.21. The lowest BCUT2D eigenvalue weighted by Gasteiger charge is -2.25. The van der Waals surface area contributed by atoms with Gasteiger partial charge in [-0.1, -0.05) is 6.08 Å². The smallest absolute Gasteiger partial charge is 0.152 e. The quantitative estimate of drug-likeness (QED) is 0.609. The highest BCUT2D eigenvalue weighted by Gasteiger charge is 2.18. The van der Waals surface area contributed by atoms with Gasteiger partial charge in [-0.25, -0.2) is 0 Å². The highest BCUT2D eigenvalue weighted by atomic mass is 16.5. The molecule has 1 fully saturated rings. The Hall–Kier alpha value is -0.710. The molecule has 4 heteroatoms. The van der Waals surface area contributed by atoms with E-state index in [2.05, 4.69) is 23.9 Å². The molecule has 18 heavy (non-hydrogen) atoms. The highest BCUT2D eigenvalue weighted by molar-refractivity contribution is 5.87. The number of likely N-dealkylation sites (N-methyl/N-ethyl adjacent to an activating group) is 1. The molecule has 1 saturated heterocycles. The number of allylic oxidation sites excluding steroid dienone is 1. The van der Waals surface area contributed by atoms with Crippen LogP contribution in [0.15, 0.2) is 12.2 Å². The molecule has 0 spiro atoms. The second kappa shape index (κ2) is 8.40. The van der Waals surface area contributed by atoms with Crippen LogP contribution < -0.4 is 0 Å². The Bertz CT molecular complexity index is 271. The lowest BCUT2D eigenvalue weighted by Crippen LogP contribution is -2.37. The number of carbonyl (C=O) groups excluding carboxylic acids is 1. The van der Waals surface area contributed by atoms with Crippen molar-refractivity contribution in [2.75, 3.05) is 46.9 Å². The number of ketones is 1. The molecular weight excluding hydrogens is 228 g/mol. The molecule has 1 aliphatic heterocycles. The number of carbonyl (C=O) groups is 1. The molecule has 1 unspecified atom stereocenters. The van der Waals surface area contributed by atoms with E-state index >= 15 is 0 Å². The molecule has 0 aliphatic carbocycles. The molecule has 0 aromatic carbocycles. The number of rotatable bonds is 8. The predicted octanol–water partition coefficient (Wildman–Crippen LogP) is 1.17. The van der Waals surface area contributed by atoms with Crippen LogP contribution >= 0.6 is 0 Å². The Kier molecular flexibility index (Phi) is 7.16. The Labute approximate surface area is 111 Å². The van der Waals surface area contributed by atoms with Gasteiger partial charge >= 0.3 is 0 Å². The Morgan fingerprint density at radius 3 is 2.72 bits per heavy atom. The van der Waals surface area contributed by atoms with Crippen molar-refractivity contribution in [1.82, 2.24) is 9.80 Å². The van der Waals surface area contributed by atoms with Gasteiger partial charge in [0.05, 0.1) is 6.10 Å². The summed E-state index contributed by atoms with van der Waals surface area (Å²) >= 11 is 0. The molecule has 0 radical (unpaired) electrons. The summed E-state index contributed by atoms with van der Waals surface area (Å²) < 4.78 is 5.67. The van der Waals surface area contributed by atoms with Gasteiger partial charge in [0.25, 0.3) is 0 Å². The van der Waals surface area contributed by atoms with E-state index in [0.29, 0.717) is 6.10 Å². The van der Waals surface area contributed by atoms with Crippen LogP contribution in [0.2, 0.25) is 0 Å². The Morgan fingerprint density at radius 2 is 2.17 bits per heavy atom. The van der Waals surface area contributed by atoms with E-state index < -0.39 is 0 Å². The van der Waals surface area contributed by atoms with Crippen LogP contribution in [0, 0.1) is 0 Å². The molecular formula is C14H26N2O2. The van der Waals surface area contributed by atoms with E-state index in [1.165, 1.54) is 6.42 Å². The standard InChI is InChI=1S/C14H26N2O2/c1-13(17)6-4-8-16(10-9-15(2)3)12-14-7-5-11-18-14/h4,6,14H,5,7-12H2,1-3H3/b6-4+. The summed E-state index contributed by atoms with van der Waals surface area (Å²) in [6, 6.07) is 0. The van der Waals surface area contributed by atoms with E-state index in [-0.39, 0.29) is 5.78 Å². The largest absolute Gasteiger partial charge is 0.377 e. The lowest BCUT2D eigenvalue weighted by molar-refractivity contribution is -0.112. The molecule has 0 bridgehead atoms. The summed E-state index contributed by atoms with van der Waals surface area (Å²) in [6.45, 7) is 6.31. The van der Waals surface area contributed by atoms with Gasteiger partial charge in [0.2, 0.25) is 0 Å². The van der Waals surface area contributed by atoms with Gasteiger partial charge in [0.1, 0.15) is 0 Å². The van der Waals surface area contributed by atoms with Crippen molar-refractivity contribution in [3.8, 4) is 0 Å². The molecule has 0 N–H and O–H groups in total. The number of hydrogen-bond donors (Lipinski definition) is 0. The zero-order valence-corrected chi connectivity index (χ0v) is 11.9. The zero-order chi connectivity index (χ0) is 13.4. The minimum Gasteiger partial charge on any atom is -0.377 e. The average Bonchev–Trinajstić information content (AvgIpc) is 2.77. The molecule has 1 atom stereocenters. The van der Waals surface area contributed by atoms with Crippen molar-refractivity contribution >= 4 is 5.78 Å². The fraction of sp³-hybridized carbons (Fsp3) is 0.786. The van der Waals surface area contributed by atoms with Crippen LogP contribution in [0.5, 0.6) is 0 Å². The van der Waals surface area contributed by atoms with Crippen molar-refractivity contribution in [1.29, 1.82) is 0 Å². The average molecular weight is 254 g/mol. The van der Waals surface area contributed by atoms with Gasteiger partial charge in [-0.15, -0.1) is 0 Å². The Morgan fingerprint density at radius 1 is 1.39 bits per heavy atom. The summed E-state index contributed by atoms with van der Waals surface area (Å²) in [4.78, 5) is 15.4. The predicted molar refractivity (Wildman–Crippen MR) is 73.8 cm³/mol. The van der Waals surface area contributed by atoms with Crippen molar-refractivity contribution in [2.45, 2.75) is 25.9 Å². The van der Waals surface area contributed by atoms with E-state index in [4.69, 9.17) is 4.74 Å². The molecule has 1 rings (SSSR count). The summed E-state index contributed by atoms with van der Waals surface area (Å²) in [5, 5.41) is 0. The van der Waals surface area contributed by atoms with Crippen molar-refractivity contribution in [3.05, 3.63) is 12.2 Å². The van der Waals surface area contributed by atoms with Gasteiger partial charge in [-0.05, 0) is 39.9 Å². The normalized spacial score (nSPS) is 20.4. The molecule has 0 saturated carbocycles. The first-order chi connectivity index (χ1) is 8.58. The van der Waals surface area contributed by atoms with Crippen LogP contribution in [0.25, 0.3) is 0 Å². The topological polar surface area (TPSA) is 32.8 Å². The van der Waals surface area contributed by atoms with Crippen LogP contribution in [0.3, 0.4) is 0 Å².